The number of nitrogens with zero attached hydrogens (tertiary/aromatic N) is 3. The second-order valence-electron chi connectivity index (χ2n) is 4.84. The minimum Gasteiger partial charge on any atom is -0.494 e. The number of aromatic nitrogens is 1. The zero-order valence-electron chi connectivity index (χ0n) is 12.6. The maximum Gasteiger partial charge on any atom is 0.271 e. The van der Waals surface area contributed by atoms with Crippen LogP contribution in [0.2, 0.25) is 0 Å². The molecular weight excluding hydrogens is 286 g/mol. The molecule has 1 aromatic rings. The monoisotopic (exact) mass is 307 g/mol. The van der Waals surface area contributed by atoms with Crippen molar-refractivity contribution in [2.24, 2.45) is 0 Å². The van der Waals surface area contributed by atoms with Crippen molar-refractivity contribution in [2.45, 2.75) is 20.0 Å². The van der Waals surface area contributed by atoms with Gasteiger partial charge in [0.05, 0.1) is 13.2 Å². The fourth-order valence-electron chi connectivity index (χ4n) is 2.27. The first-order valence-electron chi connectivity index (χ1n) is 6.92. The van der Waals surface area contributed by atoms with Gasteiger partial charge in [-0.1, -0.05) is 6.08 Å². The number of aliphatic hydroxyl groups is 2. The lowest BCUT2D eigenvalue weighted by atomic mass is 10.0. The van der Waals surface area contributed by atoms with Gasteiger partial charge in [0.2, 0.25) is 0 Å². The Balaban J connectivity index is 3.40. The molecule has 3 N–H and O–H groups in total. The Hall–Kier alpha value is -2.14. The van der Waals surface area contributed by atoms with Crippen LogP contribution in [0.5, 0.6) is 5.88 Å². The summed E-state index contributed by atoms with van der Waals surface area (Å²) in [6.07, 6.45) is 1.46. The van der Waals surface area contributed by atoms with E-state index in [1.807, 2.05) is 6.07 Å². The van der Waals surface area contributed by atoms with Gasteiger partial charge < -0.3 is 15.3 Å². The summed E-state index contributed by atoms with van der Waals surface area (Å²) < 4.78 is 1.09. The molecule has 1 aromatic heterocycles. The van der Waals surface area contributed by atoms with E-state index in [2.05, 4.69) is 6.58 Å². The number of hydrogen-bond donors (Lipinski definition) is 3. The van der Waals surface area contributed by atoms with Gasteiger partial charge in [-0.2, -0.15) is 5.26 Å². The minimum absolute atomic E-state index is 0.0254. The molecule has 22 heavy (non-hydrogen) atoms. The Morgan fingerprint density at radius 1 is 1.36 bits per heavy atom. The summed E-state index contributed by atoms with van der Waals surface area (Å²) in [5.74, 6) is -0.220. The third kappa shape index (κ3) is 3.74. The zero-order valence-corrected chi connectivity index (χ0v) is 12.6. The highest BCUT2D eigenvalue weighted by atomic mass is 16.3. The Labute approximate surface area is 129 Å². The van der Waals surface area contributed by atoms with Crippen LogP contribution >= 0.6 is 0 Å². The molecule has 0 radical (unpaired) electrons. The summed E-state index contributed by atoms with van der Waals surface area (Å²) in [5.41, 5.74) is 0.255. The largest absolute Gasteiger partial charge is 0.494 e. The first-order chi connectivity index (χ1) is 10.5. The lowest BCUT2D eigenvalue weighted by molar-refractivity contribution is 0.154. The normalized spacial score (nSPS) is 10.7. The van der Waals surface area contributed by atoms with Crippen molar-refractivity contribution in [1.82, 2.24) is 9.47 Å². The summed E-state index contributed by atoms with van der Waals surface area (Å²) in [7, 11) is 0. The molecule has 1 heterocycles. The molecule has 120 valence electrons. The molecule has 7 heteroatoms. The van der Waals surface area contributed by atoms with E-state index in [9.17, 15) is 15.2 Å². The molecule has 0 aliphatic carbocycles. The highest BCUT2D eigenvalue weighted by Crippen LogP contribution is 2.23. The number of allylic oxidation sites excluding steroid dienone is 1. The zero-order chi connectivity index (χ0) is 16.7. The predicted octanol–water partition coefficient (Wildman–Crippen LogP) is -0.293. The number of aliphatic hydroxyl groups excluding tert-OH is 2. The Kier molecular flexibility index (Phi) is 6.79. The van der Waals surface area contributed by atoms with Crippen LogP contribution < -0.4 is 5.56 Å². The SMILES string of the molecule is C=CCn1c(O)c(CN(CCO)CCO)c(C)c(C#N)c1=O. The highest BCUT2D eigenvalue weighted by molar-refractivity contribution is 5.45. The van der Waals surface area contributed by atoms with Gasteiger partial charge in [0, 0.05) is 31.7 Å². The average Bonchev–Trinajstić information content (AvgIpc) is 2.49. The van der Waals surface area contributed by atoms with Gasteiger partial charge in [-0.3, -0.25) is 14.3 Å². The van der Waals surface area contributed by atoms with Crippen LogP contribution in [0.1, 0.15) is 16.7 Å². The highest BCUT2D eigenvalue weighted by Gasteiger charge is 2.20. The van der Waals surface area contributed by atoms with Gasteiger partial charge in [-0.05, 0) is 12.5 Å². The van der Waals surface area contributed by atoms with Crippen LogP contribution in [-0.2, 0) is 13.1 Å². The maximum absolute atomic E-state index is 12.2. The quantitative estimate of drug-likeness (QED) is 0.569. The topological polar surface area (TPSA) is 110 Å². The lowest BCUT2D eigenvalue weighted by Crippen LogP contribution is -2.32. The molecule has 0 aliphatic rings. The van der Waals surface area contributed by atoms with E-state index in [4.69, 9.17) is 10.2 Å². The van der Waals surface area contributed by atoms with Crippen molar-refractivity contribution < 1.29 is 15.3 Å². The molecule has 0 bridgehead atoms. The van der Waals surface area contributed by atoms with E-state index in [0.717, 1.165) is 4.57 Å². The molecule has 0 unspecified atom stereocenters. The van der Waals surface area contributed by atoms with E-state index in [1.54, 1.807) is 11.8 Å². The number of aromatic hydroxyl groups is 1. The molecule has 1 rings (SSSR count). The maximum atomic E-state index is 12.2. The van der Waals surface area contributed by atoms with Gasteiger partial charge in [0.1, 0.15) is 11.6 Å². The number of nitriles is 1. The van der Waals surface area contributed by atoms with E-state index >= 15 is 0 Å². The van der Waals surface area contributed by atoms with Gasteiger partial charge in [0.15, 0.2) is 5.88 Å². The third-order valence-corrected chi connectivity index (χ3v) is 3.45. The molecule has 0 saturated carbocycles. The average molecular weight is 307 g/mol. The minimum atomic E-state index is -0.558. The molecule has 0 aromatic carbocycles. The summed E-state index contributed by atoms with van der Waals surface area (Å²) in [5, 5.41) is 37.6. The molecule has 7 nitrogen and oxygen atoms in total. The van der Waals surface area contributed by atoms with Crippen molar-refractivity contribution in [3.63, 3.8) is 0 Å². The second-order valence-corrected chi connectivity index (χ2v) is 4.84. The van der Waals surface area contributed by atoms with E-state index in [1.165, 1.54) is 6.08 Å². The molecule has 0 fully saturated rings. The standard InChI is InChI=1S/C15H21N3O4/c1-3-4-18-14(21)12(9-16)11(2)13(15(18)22)10-17(5-7-19)6-8-20/h3,19-20,22H,1,4-8,10H2,2H3. The van der Waals surface area contributed by atoms with Crippen molar-refractivity contribution in [2.75, 3.05) is 26.3 Å². The molecule has 0 aliphatic heterocycles. The van der Waals surface area contributed by atoms with E-state index in [-0.39, 0.29) is 37.7 Å². The van der Waals surface area contributed by atoms with Crippen LogP contribution in [0, 0.1) is 18.3 Å². The number of pyridine rings is 1. The fraction of sp³-hybridized carbons (Fsp3) is 0.467. The van der Waals surface area contributed by atoms with Gasteiger partial charge in [0.25, 0.3) is 5.56 Å². The van der Waals surface area contributed by atoms with Gasteiger partial charge in [-0.15, -0.1) is 6.58 Å². The van der Waals surface area contributed by atoms with Crippen LogP contribution in [0.3, 0.4) is 0 Å². The van der Waals surface area contributed by atoms with Crippen molar-refractivity contribution >= 4 is 0 Å². The Bertz CT molecular complexity index is 625. The number of rotatable bonds is 8. The molecule has 0 saturated heterocycles. The summed E-state index contributed by atoms with van der Waals surface area (Å²) in [6.45, 7) is 5.85. The molecular formula is C15H21N3O4. The van der Waals surface area contributed by atoms with Crippen molar-refractivity contribution in [3.05, 3.63) is 39.7 Å². The third-order valence-electron chi connectivity index (χ3n) is 3.45. The summed E-state index contributed by atoms with van der Waals surface area (Å²) in [6, 6.07) is 1.87. The molecule has 0 amide bonds. The van der Waals surface area contributed by atoms with Crippen molar-refractivity contribution in [3.8, 4) is 11.9 Å². The van der Waals surface area contributed by atoms with Crippen LogP contribution in [0.15, 0.2) is 17.4 Å². The molecule has 0 spiro atoms. The van der Waals surface area contributed by atoms with Crippen LogP contribution in [0.25, 0.3) is 0 Å². The fourth-order valence-corrected chi connectivity index (χ4v) is 2.27. The summed E-state index contributed by atoms with van der Waals surface area (Å²) >= 11 is 0. The smallest absolute Gasteiger partial charge is 0.271 e. The first-order valence-corrected chi connectivity index (χ1v) is 6.92. The Morgan fingerprint density at radius 3 is 2.41 bits per heavy atom. The van der Waals surface area contributed by atoms with Crippen molar-refractivity contribution in [1.29, 1.82) is 5.26 Å². The van der Waals surface area contributed by atoms with Gasteiger partial charge in [-0.25, -0.2) is 0 Å². The predicted molar refractivity (Wildman–Crippen MR) is 81.5 cm³/mol. The lowest BCUT2D eigenvalue weighted by Gasteiger charge is -2.23. The van der Waals surface area contributed by atoms with E-state index < -0.39 is 5.56 Å². The Morgan fingerprint density at radius 2 is 1.95 bits per heavy atom. The number of hydrogen-bond acceptors (Lipinski definition) is 6. The second kappa shape index (κ2) is 8.34. The van der Waals surface area contributed by atoms with Crippen LogP contribution in [0.4, 0.5) is 0 Å². The van der Waals surface area contributed by atoms with Gasteiger partial charge >= 0.3 is 0 Å². The molecule has 0 atom stereocenters. The summed E-state index contributed by atoms with van der Waals surface area (Å²) in [4.78, 5) is 13.9. The van der Waals surface area contributed by atoms with Crippen LogP contribution in [-0.4, -0.2) is 51.1 Å². The van der Waals surface area contributed by atoms with E-state index in [0.29, 0.717) is 24.2 Å². The first kappa shape index (κ1) is 17.9.